The van der Waals surface area contributed by atoms with E-state index in [0.29, 0.717) is 6.42 Å². The smallest absolute Gasteiger partial charge is 0.265 e. The van der Waals surface area contributed by atoms with E-state index in [2.05, 4.69) is 4.99 Å². The van der Waals surface area contributed by atoms with E-state index in [0.717, 1.165) is 5.04 Å². The van der Waals surface area contributed by atoms with Gasteiger partial charge in [0.05, 0.1) is 19.3 Å². The summed E-state index contributed by atoms with van der Waals surface area (Å²) < 4.78 is 10.4. The molecule has 19 heavy (non-hydrogen) atoms. The SMILES string of the molecule is COC1=C[C@@]2(C[C@@H](C)N=C2SC)C(OC)=C(O)C1=O. The van der Waals surface area contributed by atoms with E-state index >= 15 is 0 Å². The number of allylic oxidation sites excluding steroid dienone is 1. The van der Waals surface area contributed by atoms with Crippen molar-refractivity contribution < 1.29 is 19.4 Å². The number of hydrogen-bond donors (Lipinski definition) is 1. The number of Topliss-reactive ketones (excluding diaryl/α,β-unsaturated/α-hetero) is 1. The van der Waals surface area contributed by atoms with Gasteiger partial charge in [0.1, 0.15) is 5.41 Å². The molecule has 1 spiro atoms. The molecular formula is C13H17NO4S. The molecule has 0 fully saturated rings. The molecular weight excluding hydrogens is 266 g/mol. The van der Waals surface area contributed by atoms with Gasteiger partial charge in [-0.2, -0.15) is 0 Å². The van der Waals surface area contributed by atoms with E-state index in [9.17, 15) is 9.90 Å². The van der Waals surface area contributed by atoms with E-state index in [1.165, 1.54) is 26.0 Å². The highest BCUT2D eigenvalue weighted by Gasteiger charge is 2.50. The maximum atomic E-state index is 11.9. The van der Waals surface area contributed by atoms with Gasteiger partial charge in [0.2, 0.25) is 5.76 Å². The van der Waals surface area contributed by atoms with E-state index in [1.807, 2.05) is 13.2 Å². The van der Waals surface area contributed by atoms with Gasteiger partial charge in [-0.3, -0.25) is 9.79 Å². The van der Waals surface area contributed by atoms with E-state index in [4.69, 9.17) is 9.47 Å². The van der Waals surface area contributed by atoms with Crippen LogP contribution in [0.4, 0.5) is 0 Å². The van der Waals surface area contributed by atoms with Gasteiger partial charge in [-0.15, -0.1) is 11.8 Å². The highest BCUT2D eigenvalue weighted by molar-refractivity contribution is 8.13. The molecule has 5 nitrogen and oxygen atoms in total. The number of ketones is 1. The lowest BCUT2D eigenvalue weighted by Crippen LogP contribution is -2.35. The summed E-state index contributed by atoms with van der Waals surface area (Å²) in [6, 6.07) is 0.1000. The molecule has 1 aliphatic carbocycles. The molecule has 0 radical (unpaired) electrons. The summed E-state index contributed by atoms with van der Waals surface area (Å²) >= 11 is 1.49. The summed E-state index contributed by atoms with van der Waals surface area (Å²) in [5, 5.41) is 10.9. The van der Waals surface area contributed by atoms with Crippen LogP contribution in [0.15, 0.2) is 28.3 Å². The Balaban J connectivity index is 2.62. The molecule has 0 bridgehead atoms. The topological polar surface area (TPSA) is 68.1 Å². The number of carbonyl (C=O) groups is 1. The molecule has 0 amide bonds. The van der Waals surface area contributed by atoms with Crippen molar-refractivity contribution in [3.8, 4) is 0 Å². The van der Waals surface area contributed by atoms with E-state index < -0.39 is 17.0 Å². The second kappa shape index (κ2) is 4.92. The minimum absolute atomic E-state index is 0.1000. The van der Waals surface area contributed by atoms with Crippen molar-refractivity contribution in [3.63, 3.8) is 0 Å². The van der Waals surface area contributed by atoms with Gasteiger partial charge in [-0.05, 0) is 25.7 Å². The first kappa shape index (κ1) is 14.0. The fourth-order valence-electron chi connectivity index (χ4n) is 2.68. The van der Waals surface area contributed by atoms with Crippen LogP contribution >= 0.6 is 11.8 Å². The van der Waals surface area contributed by atoms with E-state index in [-0.39, 0.29) is 17.6 Å². The maximum absolute atomic E-state index is 11.9. The van der Waals surface area contributed by atoms with Crippen LogP contribution in [0.1, 0.15) is 13.3 Å². The van der Waals surface area contributed by atoms with Crippen molar-refractivity contribution >= 4 is 22.6 Å². The van der Waals surface area contributed by atoms with Gasteiger partial charge in [0, 0.05) is 6.04 Å². The first-order valence-corrected chi connectivity index (χ1v) is 7.14. The minimum atomic E-state index is -0.684. The number of aliphatic hydroxyl groups is 1. The molecule has 0 aromatic rings. The monoisotopic (exact) mass is 283 g/mol. The third kappa shape index (κ3) is 1.94. The predicted molar refractivity (Wildman–Crippen MR) is 74.2 cm³/mol. The largest absolute Gasteiger partial charge is 0.502 e. The van der Waals surface area contributed by atoms with Crippen LogP contribution in [0.5, 0.6) is 0 Å². The van der Waals surface area contributed by atoms with Crippen LogP contribution in [0.2, 0.25) is 0 Å². The fraction of sp³-hybridized carbons (Fsp3) is 0.538. The van der Waals surface area contributed by atoms with Gasteiger partial charge in [-0.25, -0.2) is 0 Å². The lowest BCUT2D eigenvalue weighted by Gasteiger charge is -2.32. The normalized spacial score (nSPS) is 30.5. The van der Waals surface area contributed by atoms with Crippen molar-refractivity contribution in [1.82, 2.24) is 0 Å². The highest BCUT2D eigenvalue weighted by Crippen LogP contribution is 2.48. The first-order valence-electron chi connectivity index (χ1n) is 5.91. The molecule has 1 heterocycles. The highest BCUT2D eigenvalue weighted by atomic mass is 32.2. The van der Waals surface area contributed by atoms with Gasteiger partial charge in [-0.1, -0.05) is 0 Å². The molecule has 104 valence electrons. The Kier molecular flexibility index (Phi) is 3.62. The standard InChI is InChI=1S/C13H17NO4S/c1-7-5-13(12(14-7)19-4)6-8(17-2)9(15)10(16)11(13)18-3/h6-7,16H,5H2,1-4H3/t7-,13+/m1/s1. The lowest BCUT2D eigenvalue weighted by atomic mass is 9.78. The Morgan fingerprint density at radius 2 is 2.16 bits per heavy atom. The van der Waals surface area contributed by atoms with E-state index in [1.54, 1.807) is 6.08 Å². The number of methoxy groups -OCH3 is 2. The molecule has 1 N–H and O–H groups in total. The zero-order chi connectivity index (χ0) is 14.2. The van der Waals surface area contributed by atoms with Gasteiger partial charge >= 0.3 is 0 Å². The Hall–Kier alpha value is -1.43. The summed E-state index contributed by atoms with van der Waals surface area (Å²) in [7, 11) is 2.87. The van der Waals surface area contributed by atoms with Crippen molar-refractivity contribution in [2.24, 2.45) is 10.4 Å². The number of thioether (sulfide) groups is 1. The van der Waals surface area contributed by atoms with Gasteiger partial charge < -0.3 is 14.6 Å². The van der Waals surface area contributed by atoms with Crippen molar-refractivity contribution in [2.45, 2.75) is 19.4 Å². The van der Waals surface area contributed by atoms with Crippen molar-refractivity contribution in [1.29, 1.82) is 0 Å². The second-order valence-electron chi connectivity index (χ2n) is 4.59. The molecule has 0 unspecified atom stereocenters. The number of ether oxygens (including phenoxy) is 2. The average Bonchev–Trinajstić information content (AvgIpc) is 2.71. The number of aliphatic imine (C=N–C) groups is 1. The van der Waals surface area contributed by atoms with Crippen LogP contribution in [0.25, 0.3) is 0 Å². The summed E-state index contributed by atoms with van der Waals surface area (Å²) in [4.78, 5) is 16.5. The van der Waals surface area contributed by atoms with Crippen LogP contribution < -0.4 is 0 Å². The van der Waals surface area contributed by atoms with Crippen LogP contribution in [-0.2, 0) is 14.3 Å². The maximum Gasteiger partial charge on any atom is 0.265 e. The molecule has 1 aliphatic heterocycles. The number of nitrogens with zero attached hydrogens (tertiary/aromatic N) is 1. The molecule has 2 rings (SSSR count). The average molecular weight is 283 g/mol. The molecule has 0 aromatic heterocycles. The Morgan fingerprint density at radius 1 is 1.47 bits per heavy atom. The minimum Gasteiger partial charge on any atom is -0.502 e. The molecule has 0 saturated carbocycles. The van der Waals surface area contributed by atoms with Crippen molar-refractivity contribution in [3.05, 3.63) is 23.4 Å². The van der Waals surface area contributed by atoms with Crippen molar-refractivity contribution in [2.75, 3.05) is 20.5 Å². The van der Waals surface area contributed by atoms with Crippen LogP contribution in [0.3, 0.4) is 0 Å². The fourth-order valence-corrected chi connectivity index (χ4v) is 3.56. The number of aliphatic hydroxyl groups excluding tert-OH is 1. The predicted octanol–water partition coefficient (Wildman–Crippen LogP) is 2.06. The second-order valence-corrected chi connectivity index (χ2v) is 5.38. The zero-order valence-electron chi connectivity index (χ0n) is 11.4. The Morgan fingerprint density at radius 3 is 2.68 bits per heavy atom. The third-order valence-corrected chi connectivity index (χ3v) is 4.25. The number of rotatable bonds is 2. The van der Waals surface area contributed by atoms with Gasteiger partial charge in [0.15, 0.2) is 11.5 Å². The summed E-state index contributed by atoms with van der Waals surface area (Å²) in [6.45, 7) is 1.99. The third-order valence-electron chi connectivity index (χ3n) is 3.39. The number of carbonyl (C=O) groups excluding carboxylic acids is 1. The molecule has 2 aliphatic rings. The summed E-state index contributed by atoms with van der Waals surface area (Å²) in [5.74, 6) is -0.549. The molecule has 0 saturated heterocycles. The molecule has 6 heteroatoms. The van der Waals surface area contributed by atoms with Gasteiger partial charge in [0.25, 0.3) is 5.78 Å². The quantitative estimate of drug-likeness (QED) is 0.840. The number of hydrogen-bond acceptors (Lipinski definition) is 6. The first-order chi connectivity index (χ1) is 9.00. The molecule has 0 aromatic carbocycles. The lowest BCUT2D eigenvalue weighted by molar-refractivity contribution is -0.118. The summed E-state index contributed by atoms with van der Waals surface area (Å²) in [6.07, 6.45) is 4.28. The molecule has 2 atom stereocenters. The van der Waals surface area contributed by atoms with Crippen LogP contribution in [0, 0.1) is 5.41 Å². The summed E-state index contributed by atoms with van der Waals surface area (Å²) in [5.41, 5.74) is -0.684. The Bertz CT molecular complexity index is 509. The van der Waals surface area contributed by atoms with Crippen LogP contribution in [-0.4, -0.2) is 42.5 Å². The Labute approximate surface area is 116 Å². The zero-order valence-corrected chi connectivity index (χ0v) is 12.2.